The predicted molar refractivity (Wildman–Crippen MR) is 60.4 cm³/mol. The smallest absolute Gasteiger partial charge is 0.346 e. The highest BCUT2D eigenvalue weighted by Crippen LogP contribution is 2.48. The Hall–Kier alpha value is -1.63. The van der Waals surface area contributed by atoms with Gasteiger partial charge >= 0.3 is 6.18 Å². The van der Waals surface area contributed by atoms with Crippen molar-refractivity contribution in [1.82, 2.24) is 4.98 Å². The van der Waals surface area contributed by atoms with Gasteiger partial charge in [0.25, 0.3) is 5.72 Å². The van der Waals surface area contributed by atoms with Crippen LogP contribution in [0.2, 0.25) is 0 Å². The van der Waals surface area contributed by atoms with Gasteiger partial charge in [-0.1, -0.05) is 0 Å². The zero-order valence-corrected chi connectivity index (χ0v) is 9.88. The number of aromatic nitrogens is 1. The lowest BCUT2D eigenvalue weighted by Gasteiger charge is -2.36. The molecule has 2 rings (SSSR count). The van der Waals surface area contributed by atoms with Crippen molar-refractivity contribution >= 4 is 12.0 Å². The molecule has 1 N–H and O–H groups in total. The summed E-state index contributed by atoms with van der Waals surface area (Å²) < 4.78 is 45.0. The molecule has 0 fully saturated rings. The number of hydrogen-bond donors (Lipinski definition) is 1. The summed E-state index contributed by atoms with van der Waals surface area (Å²) in [6.45, 7) is 2.89. The normalized spacial score (nSPS) is 22.5. The Bertz CT molecular complexity index is 487. The van der Waals surface area contributed by atoms with Crippen molar-refractivity contribution in [3.8, 4) is 0 Å². The number of nitrogens with one attached hydrogen (secondary N) is 1. The molecule has 0 saturated carbocycles. The van der Waals surface area contributed by atoms with Crippen LogP contribution in [-0.2, 0) is 10.5 Å². The molecule has 0 saturated heterocycles. The lowest BCUT2D eigenvalue weighted by molar-refractivity contribution is -0.280. The highest BCUT2D eigenvalue weighted by atomic mass is 19.4. The first-order chi connectivity index (χ1) is 8.42. The molecule has 1 aliphatic heterocycles. The quantitative estimate of drug-likeness (QED) is 0.888. The Morgan fingerprint density at radius 3 is 2.78 bits per heavy atom. The Kier molecular flexibility index (Phi) is 3.02. The molecule has 0 bridgehead atoms. The molecule has 7 heteroatoms. The van der Waals surface area contributed by atoms with Crippen LogP contribution in [0, 0.1) is 6.92 Å². The number of pyridine rings is 1. The number of fused-ring (bicyclic) bond motifs is 1. The number of aryl methyl sites for hydroxylation is 1. The minimum atomic E-state index is -4.65. The summed E-state index contributed by atoms with van der Waals surface area (Å²) in [7, 11) is 0. The average Bonchev–Trinajstić information content (AvgIpc) is 2.28. The number of anilines is 1. The molecule has 0 spiro atoms. The van der Waals surface area contributed by atoms with Gasteiger partial charge in [0.15, 0.2) is 0 Å². The summed E-state index contributed by atoms with van der Waals surface area (Å²) in [6.07, 6.45) is -2.21. The number of nitrogens with zero attached hydrogens (tertiary/aromatic N) is 2. The first-order valence-electron chi connectivity index (χ1n) is 5.39. The summed E-state index contributed by atoms with van der Waals surface area (Å²) in [5.74, 6) is 0. The topological polar surface area (TPSA) is 46.5 Å². The number of alkyl halides is 3. The van der Waals surface area contributed by atoms with Crippen molar-refractivity contribution in [2.75, 3.05) is 11.9 Å². The minimum Gasteiger partial charge on any atom is -0.346 e. The number of hydrogen-bond acceptors (Lipinski definition) is 4. The first kappa shape index (κ1) is 12.8. The molecular formula is C11H12F3N3O. The largest absolute Gasteiger partial charge is 0.443 e. The van der Waals surface area contributed by atoms with Gasteiger partial charge in [0.2, 0.25) is 0 Å². The van der Waals surface area contributed by atoms with Crippen LogP contribution in [0.5, 0.6) is 0 Å². The van der Waals surface area contributed by atoms with E-state index >= 15 is 0 Å². The van der Waals surface area contributed by atoms with Gasteiger partial charge in [-0.05, 0) is 19.9 Å². The number of aliphatic imine (C=N–C) groups is 1. The fourth-order valence-electron chi connectivity index (χ4n) is 1.99. The molecule has 0 radical (unpaired) electrons. The molecule has 0 aliphatic carbocycles. The Morgan fingerprint density at radius 1 is 1.44 bits per heavy atom. The van der Waals surface area contributed by atoms with Crippen LogP contribution in [0.25, 0.3) is 0 Å². The van der Waals surface area contributed by atoms with Crippen LogP contribution in [0.15, 0.2) is 17.3 Å². The van der Waals surface area contributed by atoms with E-state index in [0.29, 0.717) is 5.69 Å². The third kappa shape index (κ3) is 1.74. The predicted octanol–water partition coefficient (Wildman–Crippen LogP) is 2.60. The van der Waals surface area contributed by atoms with Gasteiger partial charge < -0.3 is 10.1 Å². The standard InChI is InChI=1S/C11H12F3N3O/c1-3-18-10(11(12,13)14)9-7(2)15-5-4-8(9)16-6-17-10/h4-6H,3H2,1-2H3,(H,16,17)/t10-/m0/s1. The molecule has 1 aliphatic rings. The van der Waals surface area contributed by atoms with Crippen LogP contribution in [0.3, 0.4) is 0 Å². The second-order valence-electron chi connectivity index (χ2n) is 3.80. The molecular weight excluding hydrogens is 247 g/mol. The zero-order valence-electron chi connectivity index (χ0n) is 9.88. The second-order valence-corrected chi connectivity index (χ2v) is 3.80. The van der Waals surface area contributed by atoms with Crippen molar-refractivity contribution in [2.45, 2.75) is 25.7 Å². The van der Waals surface area contributed by atoms with E-state index in [9.17, 15) is 13.2 Å². The van der Waals surface area contributed by atoms with E-state index in [0.717, 1.165) is 6.34 Å². The van der Waals surface area contributed by atoms with Crippen molar-refractivity contribution in [3.63, 3.8) is 0 Å². The molecule has 4 nitrogen and oxygen atoms in total. The zero-order chi connectivity index (χ0) is 13.4. The third-order valence-corrected chi connectivity index (χ3v) is 2.68. The lowest BCUT2D eigenvalue weighted by Crippen LogP contribution is -2.46. The van der Waals surface area contributed by atoms with Gasteiger partial charge in [-0.15, -0.1) is 0 Å². The molecule has 0 amide bonds. The molecule has 1 aromatic rings. The summed E-state index contributed by atoms with van der Waals surface area (Å²) in [5.41, 5.74) is -2.20. The van der Waals surface area contributed by atoms with Gasteiger partial charge in [0, 0.05) is 18.5 Å². The van der Waals surface area contributed by atoms with E-state index in [1.54, 1.807) is 0 Å². The Balaban J connectivity index is 2.69. The van der Waals surface area contributed by atoms with Crippen LogP contribution in [-0.4, -0.2) is 24.1 Å². The Labute approximate surface area is 102 Å². The van der Waals surface area contributed by atoms with Crippen LogP contribution in [0.4, 0.5) is 18.9 Å². The van der Waals surface area contributed by atoms with Gasteiger partial charge in [-0.3, -0.25) is 4.98 Å². The Morgan fingerprint density at radius 2 is 2.17 bits per heavy atom. The van der Waals surface area contributed by atoms with E-state index in [-0.39, 0.29) is 17.9 Å². The summed E-state index contributed by atoms with van der Waals surface area (Å²) >= 11 is 0. The molecule has 1 aromatic heterocycles. The van der Waals surface area contributed by atoms with Gasteiger partial charge in [0.05, 0.1) is 17.6 Å². The maximum atomic E-state index is 13.3. The van der Waals surface area contributed by atoms with E-state index in [1.807, 2.05) is 0 Å². The van der Waals surface area contributed by atoms with E-state index in [4.69, 9.17) is 4.74 Å². The lowest BCUT2D eigenvalue weighted by atomic mass is 9.97. The molecule has 98 valence electrons. The fraction of sp³-hybridized carbons (Fsp3) is 0.455. The second kappa shape index (κ2) is 4.24. The molecule has 2 heterocycles. The average molecular weight is 259 g/mol. The number of rotatable bonds is 2. The van der Waals surface area contributed by atoms with Crippen LogP contribution >= 0.6 is 0 Å². The highest BCUT2D eigenvalue weighted by Gasteiger charge is 2.60. The maximum Gasteiger partial charge on any atom is 0.443 e. The molecule has 18 heavy (non-hydrogen) atoms. The van der Waals surface area contributed by atoms with Gasteiger partial charge in [-0.2, -0.15) is 13.2 Å². The van der Waals surface area contributed by atoms with E-state index < -0.39 is 11.9 Å². The molecule has 0 aromatic carbocycles. The molecule has 0 unspecified atom stereocenters. The highest BCUT2D eigenvalue weighted by molar-refractivity contribution is 5.81. The van der Waals surface area contributed by atoms with Crippen molar-refractivity contribution in [1.29, 1.82) is 0 Å². The van der Waals surface area contributed by atoms with Crippen molar-refractivity contribution in [2.24, 2.45) is 4.99 Å². The number of halogens is 3. The van der Waals surface area contributed by atoms with Gasteiger partial charge in [-0.25, -0.2) is 4.99 Å². The minimum absolute atomic E-state index is 0.0816. The van der Waals surface area contributed by atoms with Crippen molar-refractivity contribution < 1.29 is 17.9 Å². The third-order valence-electron chi connectivity index (χ3n) is 2.68. The SMILES string of the molecule is CCO[C@@]1(C(F)(F)F)N=CNc2ccnc(C)c21. The summed E-state index contributed by atoms with van der Waals surface area (Å²) in [6, 6.07) is 1.47. The maximum absolute atomic E-state index is 13.3. The fourth-order valence-corrected chi connectivity index (χ4v) is 1.99. The monoisotopic (exact) mass is 259 g/mol. The first-order valence-corrected chi connectivity index (χ1v) is 5.39. The summed E-state index contributed by atoms with van der Waals surface area (Å²) in [5, 5.41) is 2.68. The van der Waals surface area contributed by atoms with E-state index in [2.05, 4.69) is 15.3 Å². The summed E-state index contributed by atoms with van der Waals surface area (Å²) in [4.78, 5) is 7.39. The van der Waals surface area contributed by atoms with Gasteiger partial charge in [0.1, 0.15) is 0 Å². The van der Waals surface area contributed by atoms with Crippen LogP contribution in [0.1, 0.15) is 18.2 Å². The molecule has 1 atom stereocenters. The van der Waals surface area contributed by atoms with Crippen molar-refractivity contribution in [3.05, 3.63) is 23.5 Å². The number of ether oxygens (including phenoxy) is 1. The van der Waals surface area contributed by atoms with E-state index in [1.165, 1.54) is 26.1 Å². The van der Waals surface area contributed by atoms with Crippen LogP contribution < -0.4 is 5.32 Å².